The first-order valence-corrected chi connectivity index (χ1v) is 11.3. The summed E-state index contributed by atoms with van der Waals surface area (Å²) < 4.78 is 15.5. The van der Waals surface area contributed by atoms with Gasteiger partial charge in [0, 0.05) is 32.0 Å². The maximum atomic E-state index is 12.9. The fraction of sp³-hybridized carbons (Fsp3) is 0.375. The number of likely N-dealkylation sites (tertiary alicyclic amines) is 1. The number of carbonyl (C=O) groups is 3. The number of methoxy groups -OCH3 is 3. The molecule has 1 aliphatic heterocycles. The van der Waals surface area contributed by atoms with Crippen molar-refractivity contribution >= 4 is 40.8 Å². The first-order chi connectivity index (χ1) is 16.7. The predicted molar refractivity (Wildman–Crippen MR) is 132 cm³/mol. The minimum atomic E-state index is -0.443. The normalized spacial score (nSPS) is 17.9. The number of benzene rings is 2. The SMILES string of the molecule is COC(=O)c1ccc(NC(=O)CN2CC[C@@H](NC(=O)c3cc(Cl)c(N)cc3OC)C(OC)C2)cc1. The highest BCUT2D eigenvalue weighted by Crippen LogP contribution is 2.29. The largest absolute Gasteiger partial charge is 0.496 e. The average Bonchev–Trinajstić information content (AvgIpc) is 2.86. The summed E-state index contributed by atoms with van der Waals surface area (Å²) in [5.74, 6) is -0.666. The molecule has 0 aliphatic carbocycles. The van der Waals surface area contributed by atoms with Crippen molar-refractivity contribution < 1.29 is 28.6 Å². The molecule has 0 spiro atoms. The highest BCUT2D eigenvalue weighted by atomic mass is 35.5. The van der Waals surface area contributed by atoms with Crippen LogP contribution in [-0.2, 0) is 14.3 Å². The molecule has 11 heteroatoms. The van der Waals surface area contributed by atoms with E-state index in [1.165, 1.54) is 26.4 Å². The van der Waals surface area contributed by atoms with Crippen LogP contribution in [-0.4, -0.2) is 75.8 Å². The summed E-state index contributed by atoms with van der Waals surface area (Å²) in [6, 6.07) is 9.17. The Kier molecular flexibility index (Phi) is 8.91. The molecular weight excluding hydrogens is 476 g/mol. The number of nitrogen functional groups attached to an aromatic ring is 1. The van der Waals surface area contributed by atoms with E-state index in [0.29, 0.717) is 42.2 Å². The standard InChI is InChI=1S/C24H29ClN4O6/c1-33-20-11-18(26)17(25)10-16(20)23(31)28-19-8-9-29(12-21(19)34-2)13-22(30)27-15-6-4-14(5-7-15)24(32)35-3/h4-7,10-11,19,21H,8-9,12-13,26H2,1-3H3,(H,27,30)(H,28,31)/t19-,21?/m1/s1. The van der Waals surface area contributed by atoms with Crippen LogP contribution in [0.15, 0.2) is 36.4 Å². The van der Waals surface area contributed by atoms with Crippen LogP contribution in [0.25, 0.3) is 0 Å². The summed E-state index contributed by atoms with van der Waals surface area (Å²) in [7, 11) is 4.33. The number of hydrogen-bond donors (Lipinski definition) is 3. The molecule has 2 aromatic rings. The molecule has 3 rings (SSSR count). The second-order valence-electron chi connectivity index (χ2n) is 8.07. The first-order valence-electron chi connectivity index (χ1n) is 10.9. The van der Waals surface area contributed by atoms with Crippen LogP contribution in [0.1, 0.15) is 27.1 Å². The molecule has 1 unspecified atom stereocenters. The summed E-state index contributed by atoms with van der Waals surface area (Å²) in [4.78, 5) is 38.9. The van der Waals surface area contributed by atoms with Crippen LogP contribution in [0.2, 0.25) is 5.02 Å². The minimum Gasteiger partial charge on any atom is -0.496 e. The van der Waals surface area contributed by atoms with Gasteiger partial charge in [-0.05, 0) is 36.8 Å². The van der Waals surface area contributed by atoms with Crippen LogP contribution < -0.4 is 21.1 Å². The van der Waals surface area contributed by atoms with Gasteiger partial charge in [-0.2, -0.15) is 0 Å². The van der Waals surface area contributed by atoms with Gasteiger partial charge in [0.05, 0.1) is 54.7 Å². The molecular formula is C24H29ClN4O6. The lowest BCUT2D eigenvalue weighted by Gasteiger charge is -2.37. The Labute approximate surface area is 208 Å². The van der Waals surface area contributed by atoms with Crippen molar-refractivity contribution in [2.75, 3.05) is 52.0 Å². The number of nitrogens with one attached hydrogen (secondary N) is 2. The molecule has 2 amide bonds. The number of hydrogen-bond acceptors (Lipinski definition) is 8. The molecule has 1 fully saturated rings. The number of esters is 1. The van der Waals surface area contributed by atoms with Gasteiger partial charge in [0.15, 0.2) is 0 Å². The van der Waals surface area contributed by atoms with E-state index in [4.69, 9.17) is 26.8 Å². The van der Waals surface area contributed by atoms with E-state index < -0.39 is 5.97 Å². The van der Waals surface area contributed by atoms with E-state index in [2.05, 4.69) is 15.4 Å². The Morgan fingerprint density at radius 3 is 2.49 bits per heavy atom. The summed E-state index contributed by atoms with van der Waals surface area (Å²) in [5, 5.41) is 6.06. The molecule has 10 nitrogen and oxygen atoms in total. The van der Waals surface area contributed by atoms with E-state index in [1.807, 2.05) is 4.90 Å². The molecule has 188 valence electrons. The summed E-state index contributed by atoms with van der Waals surface area (Å²) in [5.41, 5.74) is 7.37. The number of carbonyl (C=O) groups excluding carboxylic acids is 3. The monoisotopic (exact) mass is 504 g/mol. The Balaban J connectivity index is 1.56. The third-order valence-electron chi connectivity index (χ3n) is 5.78. The lowest BCUT2D eigenvalue weighted by molar-refractivity contribution is -0.118. The number of rotatable bonds is 8. The zero-order valence-electron chi connectivity index (χ0n) is 19.8. The Morgan fingerprint density at radius 1 is 1.14 bits per heavy atom. The summed E-state index contributed by atoms with van der Waals surface area (Å²) >= 11 is 6.09. The van der Waals surface area contributed by atoms with E-state index >= 15 is 0 Å². The van der Waals surface area contributed by atoms with Crippen LogP contribution in [0.4, 0.5) is 11.4 Å². The second kappa shape index (κ2) is 11.9. The van der Waals surface area contributed by atoms with Gasteiger partial charge >= 0.3 is 5.97 Å². The average molecular weight is 505 g/mol. The second-order valence-corrected chi connectivity index (χ2v) is 8.48. The third kappa shape index (κ3) is 6.62. The van der Waals surface area contributed by atoms with Crippen molar-refractivity contribution in [3.63, 3.8) is 0 Å². The van der Waals surface area contributed by atoms with Gasteiger partial charge in [-0.1, -0.05) is 11.6 Å². The molecule has 0 radical (unpaired) electrons. The highest BCUT2D eigenvalue weighted by Gasteiger charge is 2.32. The molecule has 1 aliphatic rings. The summed E-state index contributed by atoms with van der Waals surface area (Å²) in [6.07, 6.45) is 0.256. The number of nitrogens with two attached hydrogens (primary N) is 1. The molecule has 4 N–H and O–H groups in total. The number of ether oxygens (including phenoxy) is 3. The maximum Gasteiger partial charge on any atom is 0.337 e. The van der Waals surface area contributed by atoms with Crippen molar-refractivity contribution in [1.82, 2.24) is 10.2 Å². The number of halogens is 1. The van der Waals surface area contributed by atoms with Gasteiger partial charge in [-0.25, -0.2) is 4.79 Å². The van der Waals surface area contributed by atoms with Gasteiger partial charge in [-0.3, -0.25) is 14.5 Å². The Bertz CT molecular complexity index is 1080. The molecule has 35 heavy (non-hydrogen) atoms. The van der Waals surface area contributed by atoms with Gasteiger partial charge in [0.1, 0.15) is 5.75 Å². The zero-order valence-corrected chi connectivity index (χ0v) is 20.6. The van der Waals surface area contributed by atoms with Crippen LogP contribution in [0.3, 0.4) is 0 Å². The highest BCUT2D eigenvalue weighted by molar-refractivity contribution is 6.33. The van der Waals surface area contributed by atoms with Gasteiger partial charge < -0.3 is 30.6 Å². The number of anilines is 2. The molecule has 1 heterocycles. The number of nitrogens with zero attached hydrogens (tertiary/aromatic N) is 1. The van der Waals surface area contributed by atoms with Crippen molar-refractivity contribution in [3.05, 3.63) is 52.5 Å². The van der Waals surface area contributed by atoms with Crippen molar-refractivity contribution in [1.29, 1.82) is 0 Å². The smallest absolute Gasteiger partial charge is 0.337 e. The molecule has 1 saturated heterocycles. The van der Waals surface area contributed by atoms with Crippen LogP contribution in [0.5, 0.6) is 5.75 Å². The predicted octanol–water partition coefficient (Wildman–Crippen LogP) is 2.18. The maximum absolute atomic E-state index is 12.9. The topological polar surface area (TPSA) is 132 Å². The van der Waals surface area contributed by atoms with Gasteiger partial charge in [-0.15, -0.1) is 0 Å². The van der Waals surface area contributed by atoms with Gasteiger partial charge in [0.25, 0.3) is 5.91 Å². The number of amides is 2. The summed E-state index contributed by atoms with van der Waals surface area (Å²) in [6.45, 7) is 1.19. The van der Waals surface area contributed by atoms with Gasteiger partial charge in [0.2, 0.25) is 5.91 Å². The van der Waals surface area contributed by atoms with E-state index in [1.54, 1.807) is 31.4 Å². The van der Waals surface area contributed by atoms with Crippen molar-refractivity contribution in [2.24, 2.45) is 0 Å². The van der Waals surface area contributed by atoms with E-state index in [9.17, 15) is 14.4 Å². The minimum absolute atomic E-state index is 0.153. The van der Waals surface area contributed by atoms with Crippen LogP contribution >= 0.6 is 11.6 Å². The van der Waals surface area contributed by atoms with Crippen molar-refractivity contribution in [2.45, 2.75) is 18.6 Å². The number of piperidine rings is 1. The molecule has 0 bridgehead atoms. The van der Waals surface area contributed by atoms with Crippen molar-refractivity contribution in [3.8, 4) is 5.75 Å². The molecule has 2 aromatic carbocycles. The third-order valence-corrected chi connectivity index (χ3v) is 6.11. The fourth-order valence-electron chi connectivity index (χ4n) is 3.90. The zero-order chi connectivity index (χ0) is 25.5. The lowest BCUT2D eigenvalue weighted by atomic mass is 10.0. The molecule has 0 aromatic heterocycles. The lowest BCUT2D eigenvalue weighted by Crippen LogP contribution is -2.55. The Morgan fingerprint density at radius 2 is 1.86 bits per heavy atom. The van der Waals surface area contributed by atoms with E-state index in [-0.39, 0.29) is 41.1 Å². The Hall–Kier alpha value is -3.34. The fourth-order valence-corrected chi connectivity index (χ4v) is 4.06. The quantitative estimate of drug-likeness (QED) is 0.368. The molecule has 0 saturated carbocycles. The van der Waals surface area contributed by atoms with E-state index in [0.717, 1.165) is 0 Å². The first kappa shape index (κ1) is 26.3. The van der Waals surface area contributed by atoms with Crippen LogP contribution in [0, 0.1) is 0 Å². The molecule has 2 atom stereocenters.